The third-order valence-electron chi connectivity index (χ3n) is 5.95. The third kappa shape index (κ3) is 3.83. The first-order valence-corrected chi connectivity index (χ1v) is 11.4. The molecule has 172 valence electrons. The number of hydrogen-bond donors (Lipinski definition) is 1. The number of benzene rings is 3. The van der Waals surface area contributed by atoms with Gasteiger partial charge in [-0.1, -0.05) is 41.4 Å². The molecular weight excluding hydrogens is 480 g/mol. The highest BCUT2D eigenvalue weighted by Gasteiger charge is 2.48. The van der Waals surface area contributed by atoms with Crippen molar-refractivity contribution in [1.82, 2.24) is 0 Å². The van der Waals surface area contributed by atoms with E-state index in [1.54, 1.807) is 24.3 Å². The van der Waals surface area contributed by atoms with E-state index < -0.39 is 29.3 Å². The average Bonchev–Trinajstić information content (AvgIpc) is 3.08. The molecule has 3 aromatic carbocycles. The summed E-state index contributed by atoms with van der Waals surface area (Å²) in [6, 6.07) is 14.0. The van der Waals surface area contributed by atoms with Crippen molar-refractivity contribution in [3.8, 4) is 5.75 Å². The molecule has 34 heavy (non-hydrogen) atoms. The average molecular weight is 498 g/mol. The van der Waals surface area contributed by atoms with Gasteiger partial charge in [0.05, 0.1) is 18.2 Å². The molecule has 1 unspecified atom stereocenters. The minimum Gasteiger partial charge on any atom is -0.507 e. The lowest BCUT2D eigenvalue weighted by molar-refractivity contribution is -0.132. The van der Waals surface area contributed by atoms with E-state index in [0.717, 1.165) is 23.3 Å². The van der Waals surface area contributed by atoms with E-state index >= 15 is 0 Å². The second-order valence-corrected chi connectivity index (χ2v) is 8.97. The molecule has 2 heterocycles. The summed E-state index contributed by atoms with van der Waals surface area (Å²) in [7, 11) is 0. The number of aliphatic hydroxyl groups is 1. The Bertz CT molecular complexity index is 1350. The zero-order chi connectivity index (χ0) is 24.0. The van der Waals surface area contributed by atoms with E-state index in [-0.39, 0.29) is 26.9 Å². The molecule has 2 aliphatic heterocycles. The Balaban J connectivity index is 1.73. The highest BCUT2D eigenvalue weighted by atomic mass is 35.5. The van der Waals surface area contributed by atoms with Crippen molar-refractivity contribution in [3.05, 3.63) is 98.8 Å². The molecule has 8 heteroatoms. The van der Waals surface area contributed by atoms with Crippen molar-refractivity contribution >= 4 is 46.3 Å². The molecule has 0 spiro atoms. The number of hydrogen-bond acceptors (Lipinski definition) is 4. The van der Waals surface area contributed by atoms with Gasteiger partial charge in [-0.05, 0) is 60.9 Å². The number of carbonyl (C=O) groups is 2. The SMILES string of the molecule is O=C1C(=O)N(c2cc(Cl)cc(Cl)c2)C(c2ccccc2F)/C1=C(\O)c1ccc2c(c1)CCCO2. The van der Waals surface area contributed by atoms with E-state index in [0.29, 0.717) is 17.9 Å². The Kier molecular flexibility index (Phi) is 5.80. The lowest BCUT2D eigenvalue weighted by Gasteiger charge is -2.26. The molecular formula is C26H18Cl2FNO4. The van der Waals surface area contributed by atoms with Crippen LogP contribution in [-0.2, 0) is 16.0 Å². The summed E-state index contributed by atoms with van der Waals surface area (Å²) < 4.78 is 20.6. The van der Waals surface area contributed by atoms with E-state index in [9.17, 15) is 19.1 Å². The molecule has 0 aromatic heterocycles. The van der Waals surface area contributed by atoms with Crippen LogP contribution in [0.2, 0.25) is 10.0 Å². The van der Waals surface area contributed by atoms with Crippen molar-refractivity contribution in [1.29, 1.82) is 0 Å². The molecule has 0 bridgehead atoms. The molecule has 0 radical (unpaired) electrons. The number of nitrogens with zero attached hydrogens (tertiary/aromatic N) is 1. The van der Waals surface area contributed by atoms with Crippen molar-refractivity contribution in [2.45, 2.75) is 18.9 Å². The standard InChI is InChI=1S/C26H18Cl2FNO4/c27-16-11-17(28)13-18(12-16)30-23(19-5-1-2-6-20(19)29)22(25(32)26(30)33)24(31)15-7-8-21-14(10-15)4-3-9-34-21/h1-2,5-8,10-13,23,31H,3-4,9H2/b24-22+. The second-order valence-electron chi connectivity index (χ2n) is 8.09. The Hall–Kier alpha value is -3.35. The fourth-order valence-electron chi connectivity index (χ4n) is 4.43. The van der Waals surface area contributed by atoms with Crippen LogP contribution in [0.15, 0.2) is 66.2 Å². The number of ether oxygens (including phenoxy) is 1. The smallest absolute Gasteiger partial charge is 0.300 e. The number of amides is 1. The predicted octanol–water partition coefficient (Wildman–Crippen LogP) is 6.08. The number of anilines is 1. The van der Waals surface area contributed by atoms with Crippen molar-refractivity contribution in [2.75, 3.05) is 11.5 Å². The Morgan fingerprint density at radius 2 is 1.76 bits per heavy atom. The number of aliphatic hydroxyl groups excluding tert-OH is 1. The maximum absolute atomic E-state index is 15.0. The summed E-state index contributed by atoms with van der Waals surface area (Å²) >= 11 is 12.3. The van der Waals surface area contributed by atoms with Crippen LogP contribution < -0.4 is 9.64 Å². The molecule has 1 saturated heterocycles. The zero-order valence-electron chi connectivity index (χ0n) is 17.7. The number of halogens is 3. The first-order chi connectivity index (χ1) is 16.3. The number of aryl methyl sites for hydroxylation is 1. The topological polar surface area (TPSA) is 66.8 Å². The van der Waals surface area contributed by atoms with Crippen LogP contribution in [0.3, 0.4) is 0 Å². The van der Waals surface area contributed by atoms with Gasteiger partial charge in [-0.25, -0.2) is 4.39 Å². The van der Waals surface area contributed by atoms with Gasteiger partial charge in [0, 0.05) is 26.9 Å². The molecule has 5 rings (SSSR count). The molecule has 0 saturated carbocycles. The molecule has 1 N–H and O–H groups in total. The van der Waals surface area contributed by atoms with E-state index in [2.05, 4.69) is 0 Å². The van der Waals surface area contributed by atoms with Crippen LogP contribution in [0.25, 0.3) is 5.76 Å². The summed E-state index contributed by atoms with van der Waals surface area (Å²) in [4.78, 5) is 27.6. The van der Waals surface area contributed by atoms with Gasteiger partial charge < -0.3 is 9.84 Å². The molecule has 3 aromatic rings. The zero-order valence-corrected chi connectivity index (χ0v) is 19.2. The van der Waals surface area contributed by atoms with E-state index in [1.807, 2.05) is 0 Å². The first-order valence-electron chi connectivity index (χ1n) is 10.6. The minimum absolute atomic E-state index is 0.0561. The van der Waals surface area contributed by atoms with Crippen molar-refractivity contribution in [3.63, 3.8) is 0 Å². The summed E-state index contributed by atoms with van der Waals surface area (Å²) in [5.74, 6) is -2.17. The second kappa shape index (κ2) is 8.78. The van der Waals surface area contributed by atoms with Crippen LogP contribution in [0.4, 0.5) is 10.1 Å². The van der Waals surface area contributed by atoms with Gasteiger partial charge in [-0.15, -0.1) is 0 Å². The van der Waals surface area contributed by atoms with Crippen molar-refractivity contribution in [2.24, 2.45) is 0 Å². The summed E-state index contributed by atoms with van der Waals surface area (Å²) in [5.41, 5.74) is 1.27. The summed E-state index contributed by atoms with van der Waals surface area (Å²) in [6.07, 6.45) is 1.58. The van der Waals surface area contributed by atoms with Gasteiger partial charge in [0.25, 0.3) is 11.7 Å². The number of carbonyl (C=O) groups excluding carboxylic acids is 2. The molecule has 1 atom stereocenters. The lowest BCUT2D eigenvalue weighted by atomic mass is 9.93. The molecule has 5 nitrogen and oxygen atoms in total. The minimum atomic E-state index is -1.22. The van der Waals surface area contributed by atoms with Gasteiger partial charge in [0.15, 0.2) is 0 Å². The molecule has 1 fully saturated rings. The maximum atomic E-state index is 15.0. The normalized spacial score (nSPS) is 19.1. The molecule has 1 amide bonds. The van der Waals surface area contributed by atoms with Crippen LogP contribution in [0, 0.1) is 5.82 Å². The molecule has 2 aliphatic rings. The number of ketones is 1. The van der Waals surface area contributed by atoms with E-state index in [4.69, 9.17) is 27.9 Å². The highest BCUT2D eigenvalue weighted by molar-refractivity contribution is 6.52. The van der Waals surface area contributed by atoms with Gasteiger partial charge in [0.2, 0.25) is 0 Å². The van der Waals surface area contributed by atoms with Gasteiger partial charge >= 0.3 is 0 Å². The number of rotatable bonds is 3. The van der Waals surface area contributed by atoms with Gasteiger partial charge in [-0.2, -0.15) is 0 Å². The van der Waals surface area contributed by atoms with Crippen LogP contribution in [0.1, 0.15) is 29.2 Å². The van der Waals surface area contributed by atoms with Crippen LogP contribution in [0.5, 0.6) is 5.75 Å². The largest absolute Gasteiger partial charge is 0.507 e. The summed E-state index contributed by atoms with van der Waals surface area (Å²) in [6.45, 7) is 0.610. The fraction of sp³-hybridized carbons (Fsp3) is 0.154. The lowest BCUT2D eigenvalue weighted by Crippen LogP contribution is -2.29. The van der Waals surface area contributed by atoms with Gasteiger partial charge in [0.1, 0.15) is 17.3 Å². The number of Topliss-reactive ketones (excluding diaryl/α,β-unsaturated/α-hetero) is 1. The summed E-state index contributed by atoms with van der Waals surface area (Å²) in [5, 5.41) is 11.8. The van der Waals surface area contributed by atoms with Crippen LogP contribution >= 0.6 is 23.2 Å². The van der Waals surface area contributed by atoms with Crippen LogP contribution in [-0.4, -0.2) is 23.4 Å². The van der Waals surface area contributed by atoms with Gasteiger partial charge in [-0.3, -0.25) is 14.5 Å². The number of fused-ring (bicyclic) bond motifs is 1. The van der Waals surface area contributed by atoms with E-state index in [1.165, 1.54) is 36.4 Å². The molecule has 0 aliphatic carbocycles. The Morgan fingerprint density at radius 3 is 2.50 bits per heavy atom. The van der Waals surface area contributed by atoms with Crippen molar-refractivity contribution < 1.29 is 23.8 Å². The Labute approximate surface area is 205 Å². The first kappa shape index (κ1) is 22.4. The third-order valence-corrected chi connectivity index (χ3v) is 6.39. The Morgan fingerprint density at radius 1 is 1.03 bits per heavy atom. The quantitative estimate of drug-likeness (QED) is 0.270. The monoisotopic (exact) mass is 497 g/mol. The highest BCUT2D eigenvalue weighted by Crippen LogP contribution is 2.44. The maximum Gasteiger partial charge on any atom is 0.300 e. The predicted molar refractivity (Wildman–Crippen MR) is 128 cm³/mol. The fourth-order valence-corrected chi connectivity index (χ4v) is 4.95.